The van der Waals surface area contributed by atoms with Crippen LogP contribution < -0.4 is 20.1 Å². The van der Waals surface area contributed by atoms with Gasteiger partial charge in [-0.2, -0.15) is 0 Å². The number of carbonyl (C=O) groups excluding carboxylic acids is 2. The quantitative estimate of drug-likeness (QED) is 0.422. The Kier molecular flexibility index (Phi) is 6.30. The second-order valence-electron chi connectivity index (χ2n) is 10.9. The molecule has 12 heteroatoms. The van der Waals surface area contributed by atoms with Crippen LogP contribution in [0.1, 0.15) is 39.5 Å². The van der Waals surface area contributed by atoms with Crippen LogP contribution in [-0.2, 0) is 9.59 Å². The van der Waals surface area contributed by atoms with Gasteiger partial charge in [0.05, 0.1) is 5.69 Å². The molecule has 6 nitrogen and oxygen atoms in total. The van der Waals surface area contributed by atoms with Gasteiger partial charge in [0, 0.05) is 29.2 Å². The summed E-state index contributed by atoms with van der Waals surface area (Å²) in [4.78, 5) is 25.3. The fourth-order valence-electron chi connectivity index (χ4n) is 6.90. The van der Waals surface area contributed by atoms with Crippen LogP contribution >= 0.6 is 0 Å². The summed E-state index contributed by atoms with van der Waals surface area (Å²) < 4.78 is 84.8. The maximum atomic E-state index is 13.5. The normalized spacial score (nSPS) is 31.7. The zero-order chi connectivity index (χ0) is 28.4. The first kappa shape index (κ1) is 27.1. The summed E-state index contributed by atoms with van der Waals surface area (Å²) in [6.45, 7) is 4.04. The van der Waals surface area contributed by atoms with E-state index < -0.39 is 52.6 Å². The number of alkyl halides is 6. The number of fused-ring (bicyclic) bond motifs is 5. The van der Waals surface area contributed by atoms with Crippen molar-refractivity contribution in [2.75, 3.05) is 5.32 Å². The molecular weight excluding hydrogens is 530 g/mol. The van der Waals surface area contributed by atoms with Crippen LogP contribution in [0.25, 0.3) is 0 Å². The van der Waals surface area contributed by atoms with Gasteiger partial charge in [-0.3, -0.25) is 9.59 Å². The number of hydrogen-bond acceptors (Lipinski definition) is 4. The van der Waals surface area contributed by atoms with Crippen molar-refractivity contribution in [1.82, 2.24) is 5.32 Å². The average molecular weight is 557 g/mol. The molecule has 0 aromatic heterocycles. The number of rotatable bonds is 4. The number of nitrogens with one attached hydrogen (secondary N) is 2. The molecule has 0 spiro atoms. The number of anilines is 1. The molecule has 2 N–H and O–H groups in total. The number of amides is 2. The molecule has 4 aliphatic rings. The Morgan fingerprint density at radius 2 is 1.72 bits per heavy atom. The molecule has 1 heterocycles. The highest BCUT2D eigenvalue weighted by atomic mass is 19.4. The van der Waals surface area contributed by atoms with Crippen LogP contribution in [0.5, 0.6) is 11.5 Å². The molecule has 0 saturated heterocycles. The monoisotopic (exact) mass is 556 g/mol. The molecule has 2 fully saturated rings. The molecule has 1 unspecified atom stereocenters. The van der Waals surface area contributed by atoms with Gasteiger partial charge in [-0.1, -0.05) is 24.6 Å². The summed E-state index contributed by atoms with van der Waals surface area (Å²) in [7, 11) is 0. The van der Waals surface area contributed by atoms with Gasteiger partial charge in [0.2, 0.25) is 11.8 Å². The van der Waals surface area contributed by atoms with E-state index in [1.165, 1.54) is 6.08 Å². The van der Waals surface area contributed by atoms with Crippen molar-refractivity contribution in [3.05, 3.63) is 53.8 Å². The Bertz CT molecular complexity index is 1300. The summed E-state index contributed by atoms with van der Waals surface area (Å²) >= 11 is 0. The van der Waals surface area contributed by atoms with Gasteiger partial charge < -0.3 is 20.1 Å². The summed E-state index contributed by atoms with van der Waals surface area (Å²) in [6, 6.07) is 2.01. The molecular formula is C27H26F6N2O4. The number of carbonyl (C=O) groups is 2. The van der Waals surface area contributed by atoms with Gasteiger partial charge in [-0.25, -0.2) is 0 Å². The SMILES string of the molecule is C[C@]12CCC3C(=CC=C4NC(=O)C=C[C@@]43C)[C@@H]1CC[C@@H]2C(=O)Nc1cc(OC(F)(F)F)ccc1OC(F)(F)F. The van der Waals surface area contributed by atoms with Gasteiger partial charge in [0.15, 0.2) is 5.75 Å². The van der Waals surface area contributed by atoms with E-state index in [-0.39, 0.29) is 17.7 Å². The summed E-state index contributed by atoms with van der Waals surface area (Å²) in [5, 5.41) is 5.30. The molecule has 39 heavy (non-hydrogen) atoms. The van der Waals surface area contributed by atoms with E-state index in [4.69, 9.17) is 0 Å². The van der Waals surface area contributed by atoms with Crippen molar-refractivity contribution >= 4 is 17.5 Å². The second-order valence-corrected chi connectivity index (χ2v) is 10.9. The standard InChI is InChI=1S/C27H26F6N2O4/c1-24-11-9-17-15(4-8-21-25(17,2)12-10-22(36)35-21)16(24)5-6-18(24)23(37)34-19-13-14(38-26(28,29)30)3-7-20(19)39-27(31,32)33/h3-4,7-8,10,12-13,16-18H,5-6,9,11H2,1-2H3,(H,34,37)(H,35,36)/t16-,17?,18+,24-,25+/m0/s1. The van der Waals surface area contributed by atoms with Gasteiger partial charge in [0.1, 0.15) is 5.75 Å². The molecule has 210 valence electrons. The fourth-order valence-corrected chi connectivity index (χ4v) is 6.90. The van der Waals surface area contributed by atoms with E-state index in [2.05, 4.69) is 27.0 Å². The number of ether oxygens (including phenoxy) is 2. The van der Waals surface area contributed by atoms with Crippen LogP contribution in [0.4, 0.5) is 32.0 Å². The minimum atomic E-state index is -5.13. The molecule has 3 aliphatic carbocycles. The van der Waals surface area contributed by atoms with Crippen molar-refractivity contribution in [1.29, 1.82) is 0 Å². The van der Waals surface area contributed by atoms with E-state index in [0.29, 0.717) is 43.9 Å². The molecule has 0 radical (unpaired) electrons. The number of benzene rings is 1. The number of allylic oxidation sites excluding steroid dienone is 4. The van der Waals surface area contributed by atoms with Crippen molar-refractivity contribution in [3.63, 3.8) is 0 Å². The lowest BCUT2D eigenvalue weighted by atomic mass is 9.53. The van der Waals surface area contributed by atoms with Gasteiger partial charge in [-0.15, -0.1) is 26.3 Å². The average Bonchev–Trinajstić information content (AvgIpc) is 3.17. The lowest BCUT2D eigenvalue weighted by Gasteiger charge is -2.52. The predicted molar refractivity (Wildman–Crippen MR) is 127 cm³/mol. The number of hydrogen-bond donors (Lipinski definition) is 2. The zero-order valence-electron chi connectivity index (χ0n) is 21.0. The lowest BCUT2D eigenvalue weighted by molar-refractivity contribution is -0.276. The largest absolute Gasteiger partial charge is 0.573 e. The smallest absolute Gasteiger partial charge is 0.406 e. The Morgan fingerprint density at radius 1 is 1.00 bits per heavy atom. The first-order valence-electron chi connectivity index (χ1n) is 12.5. The predicted octanol–water partition coefficient (Wildman–Crippen LogP) is 6.38. The molecule has 2 saturated carbocycles. The Labute approximate surface area is 220 Å². The highest BCUT2D eigenvalue weighted by Gasteiger charge is 2.57. The number of halogens is 6. The van der Waals surface area contributed by atoms with Crippen LogP contribution in [-0.4, -0.2) is 24.5 Å². The lowest BCUT2D eigenvalue weighted by Crippen LogP contribution is -2.48. The zero-order valence-corrected chi connectivity index (χ0v) is 21.0. The molecule has 1 aliphatic heterocycles. The molecule has 1 aromatic carbocycles. The van der Waals surface area contributed by atoms with Gasteiger partial charge in [-0.05, 0) is 68.1 Å². The van der Waals surface area contributed by atoms with Gasteiger partial charge >= 0.3 is 12.7 Å². The summed E-state index contributed by atoms with van der Waals surface area (Å²) in [5.74, 6) is -2.91. The highest BCUT2D eigenvalue weighted by molar-refractivity contribution is 5.95. The van der Waals surface area contributed by atoms with Gasteiger partial charge in [0.25, 0.3) is 0 Å². The van der Waals surface area contributed by atoms with Crippen LogP contribution in [0.2, 0.25) is 0 Å². The maximum Gasteiger partial charge on any atom is 0.573 e. The minimum absolute atomic E-state index is 0.0124. The van der Waals surface area contributed by atoms with E-state index in [0.717, 1.165) is 11.3 Å². The molecule has 5 atom stereocenters. The molecule has 2 amide bonds. The summed E-state index contributed by atoms with van der Waals surface area (Å²) in [6.07, 6.45) is -0.410. The van der Waals surface area contributed by atoms with Crippen molar-refractivity contribution in [2.45, 2.75) is 52.3 Å². The first-order chi connectivity index (χ1) is 18.1. The fraction of sp³-hybridized carbons (Fsp3) is 0.481. The van der Waals surface area contributed by atoms with Crippen LogP contribution in [0, 0.1) is 28.6 Å². The van der Waals surface area contributed by atoms with E-state index in [9.17, 15) is 35.9 Å². The van der Waals surface area contributed by atoms with E-state index in [1.54, 1.807) is 0 Å². The third kappa shape index (κ3) is 5.00. The second kappa shape index (κ2) is 9.06. The van der Waals surface area contributed by atoms with Crippen molar-refractivity contribution in [2.24, 2.45) is 28.6 Å². The van der Waals surface area contributed by atoms with Crippen LogP contribution in [0.3, 0.4) is 0 Å². The van der Waals surface area contributed by atoms with Crippen molar-refractivity contribution < 1.29 is 45.4 Å². The Morgan fingerprint density at radius 3 is 2.41 bits per heavy atom. The maximum absolute atomic E-state index is 13.5. The Hall–Kier alpha value is -3.44. The first-order valence-corrected chi connectivity index (χ1v) is 12.5. The topological polar surface area (TPSA) is 76.7 Å². The molecule has 0 bridgehead atoms. The third-order valence-electron chi connectivity index (χ3n) is 8.68. The third-order valence-corrected chi connectivity index (χ3v) is 8.68. The molecule has 5 rings (SSSR count). The van der Waals surface area contributed by atoms with Crippen molar-refractivity contribution in [3.8, 4) is 11.5 Å². The van der Waals surface area contributed by atoms with E-state index in [1.807, 2.05) is 25.2 Å². The van der Waals surface area contributed by atoms with Crippen LogP contribution in [0.15, 0.2) is 53.8 Å². The van der Waals surface area contributed by atoms with E-state index >= 15 is 0 Å². The summed E-state index contributed by atoms with van der Waals surface area (Å²) in [5.41, 5.74) is 0.481. The Balaban J connectivity index is 1.41. The molecule has 1 aromatic rings. The highest BCUT2D eigenvalue weighted by Crippen LogP contribution is 2.63. The minimum Gasteiger partial charge on any atom is -0.406 e.